The van der Waals surface area contributed by atoms with Crippen LogP contribution in [0.25, 0.3) is 0 Å². The van der Waals surface area contributed by atoms with Crippen molar-refractivity contribution in [3.05, 3.63) is 84.4 Å². The molecule has 1 unspecified atom stereocenters. The van der Waals surface area contributed by atoms with Gasteiger partial charge in [0.1, 0.15) is 5.25 Å². The van der Waals surface area contributed by atoms with Crippen LogP contribution in [0.1, 0.15) is 44.9 Å². The number of rotatable bonds is 8. The summed E-state index contributed by atoms with van der Waals surface area (Å²) in [7, 11) is 0. The lowest BCUT2D eigenvalue weighted by Crippen LogP contribution is -2.19. The Hall–Kier alpha value is -3.58. The molecule has 0 aliphatic heterocycles. The van der Waals surface area contributed by atoms with Crippen LogP contribution in [0, 0.1) is 5.41 Å². The lowest BCUT2D eigenvalue weighted by atomic mass is 9.92. The van der Waals surface area contributed by atoms with Crippen LogP contribution < -0.4 is 16.0 Å². The number of benzene rings is 3. The van der Waals surface area contributed by atoms with Crippen LogP contribution in [0.5, 0.6) is 0 Å². The topological polar surface area (TPSA) is 87.3 Å². The van der Waals surface area contributed by atoms with E-state index in [1.165, 1.54) is 18.7 Å². The average Bonchev–Trinajstić information content (AvgIpc) is 2.79. The van der Waals surface area contributed by atoms with Gasteiger partial charge in [0.2, 0.25) is 17.7 Å². The molecule has 3 rings (SSSR count). The summed E-state index contributed by atoms with van der Waals surface area (Å²) in [5.74, 6) is -0.331. The summed E-state index contributed by atoms with van der Waals surface area (Å²) in [6, 6.07) is 24.1. The molecule has 3 N–H and O–H groups in total. The van der Waals surface area contributed by atoms with E-state index in [2.05, 4.69) is 16.0 Å². The number of nitrogens with one attached hydrogen (secondary N) is 3. The fourth-order valence-corrected chi connectivity index (χ4v) is 4.41. The Labute approximate surface area is 210 Å². The first-order chi connectivity index (χ1) is 16.6. The largest absolute Gasteiger partial charge is 0.326 e. The molecule has 0 bridgehead atoms. The first-order valence-electron chi connectivity index (χ1n) is 11.4. The van der Waals surface area contributed by atoms with Gasteiger partial charge in [0.25, 0.3) is 0 Å². The molecule has 0 saturated carbocycles. The third-order valence-electron chi connectivity index (χ3n) is 4.90. The Bertz CT molecular complexity index is 1150. The summed E-state index contributed by atoms with van der Waals surface area (Å²) < 4.78 is 0. The lowest BCUT2D eigenvalue weighted by molar-refractivity contribution is -0.118. The molecule has 0 fully saturated rings. The van der Waals surface area contributed by atoms with Crippen LogP contribution in [-0.2, 0) is 14.4 Å². The molecule has 182 valence electrons. The van der Waals surface area contributed by atoms with Crippen molar-refractivity contribution in [1.82, 2.24) is 0 Å². The standard InChI is InChI=1S/C28H31N3O3S/c1-19(32)29-21-10-12-23(13-11-21)31-27(34)26(20-8-6-5-7-9-20)35-24-16-14-22(15-17-24)30-25(33)18-28(2,3)4/h5-17,26H,18H2,1-4H3,(H,29,32)(H,30,33)(H,31,34). The Morgan fingerprint density at radius 1 is 0.743 bits per heavy atom. The minimum Gasteiger partial charge on any atom is -0.326 e. The number of carbonyl (C=O) groups is 3. The fourth-order valence-electron chi connectivity index (χ4n) is 3.39. The molecule has 3 aromatic rings. The molecule has 0 aliphatic rings. The van der Waals surface area contributed by atoms with Gasteiger partial charge in [0.15, 0.2) is 0 Å². The SMILES string of the molecule is CC(=O)Nc1ccc(NC(=O)C(Sc2ccc(NC(=O)CC(C)(C)C)cc2)c2ccccc2)cc1. The van der Waals surface area contributed by atoms with Crippen LogP contribution in [-0.4, -0.2) is 17.7 Å². The van der Waals surface area contributed by atoms with Crippen molar-refractivity contribution >= 4 is 46.5 Å². The Kier molecular flexibility index (Phi) is 8.71. The molecule has 0 saturated heterocycles. The van der Waals surface area contributed by atoms with Gasteiger partial charge in [-0.15, -0.1) is 11.8 Å². The number of anilines is 3. The van der Waals surface area contributed by atoms with E-state index in [-0.39, 0.29) is 23.1 Å². The van der Waals surface area contributed by atoms with Crippen molar-refractivity contribution < 1.29 is 14.4 Å². The molecule has 3 aromatic carbocycles. The van der Waals surface area contributed by atoms with Gasteiger partial charge in [0.05, 0.1) is 0 Å². The quantitative estimate of drug-likeness (QED) is 0.316. The zero-order valence-electron chi connectivity index (χ0n) is 20.4. The number of carbonyl (C=O) groups excluding carboxylic acids is 3. The van der Waals surface area contributed by atoms with Crippen LogP contribution in [0.3, 0.4) is 0 Å². The molecule has 1 atom stereocenters. The molecule has 0 aromatic heterocycles. The fraction of sp³-hybridized carbons (Fsp3) is 0.250. The van der Waals surface area contributed by atoms with Crippen molar-refractivity contribution in [3.8, 4) is 0 Å². The van der Waals surface area contributed by atoms with Crippen LogP contribution in [0.15, 0.2) is 83.8 Å². The summed E-state index contributed by atoms with van der Waals surface area (Å²) in [6.45, 7) is 7.53. The molecule has 0 heterocycles. The molecule has 7 heteroatoms. The highest BCUT2D eigenvalue weighted by Gasteiger charge is 2.22. The van der Waals surface area contributed by atoms with E-state index in [9.17, 15) is 14.4 Å². The summed E-state index contributed by atoms with van der Waals surface area (Å²) >= 11 is 1.44. The van der Waals surface area contributed by atoms with Crippen molar-refractivity contribution in [2.24, 2.45) is 5.41 Å². The van der Waals surface area contributed by atoms with Gasteiger partial charge in [-0.2, -0.15) is 0 Å². The highest BCUT2D eigenvalue weighted by atomic mass is 32.2. The highest BCUT2D eigenvalue weighted by molar-refractivity contribution is 8.00. The van der Waals surface area contributed by atoms with E-state index in [4.69, 9.17) is 0 Å². The monoisotopic (exact) mass is 489 g/mol. The predicted octanol–water partition coefficient (Wildman–Crippen LogP) is 6.49. The van der Waals surface area contributed by atoms with Crippen molar-refractivity contribution in [3.63, 3.8) is 0 Å². The van der Waals surface area contributed by atoms with Gasteiger partial charge in [-0.1, -0.05) is 51.1 Å². The Morgan fingerprint density at radius 2 is 1.26 bits per heavy atom. The number of hydrogen-bond acceptors (Lipinski definition) is 4. The van der Waals surface area contributed by atoms with Crippen molar-refractivity contribution in [2.75, 3.05) is 16.0 Å². The smallest absolute Gasteiger partial charge is 0.242 e. The Morgan fingerprint density at radius 3 is 1.80 bits per heavy atom. The van der Waals surface area contributed by atoms with E-state index in [1.807, 2.05) is 75.4 Å². The summed E-state index contributed by atoms with van der Waals surface area (Å²) in [5, 5.41) is 8.13. The third-order valence-corrected chi connectivity index (χ3v) is 6.16. The van der Waals surface area contributed by atoms with Gasteiger partial charge in [-0.3, -0.25) is 14.4 Å². The molecule has 0 spiro atoms. The van der Waals surface area contributed by atoms with E-state index < -0.39 is 5.25 Å². The van der Waals surface area contributed by atoms with E-state index in [1.54, 1.807) is 24.3 Å². The Balaban J connectivity index is 1.71. The second kappa shape index (κ2) is 11.7. The minimum atomic E-state index is -0.479. The van der Waals surface area contributed by atoms with Crippen LogP contribution in [0.4, 0.5) is 17.1 Å². The maximum atomic E-state index is 13.3. The summed E-state index contributed by atoms with van der Waals surface area (Å²) in [6.07, 6.45) is 0.436. The molecule has 0 aliphatic carbocycles. The lowest BCUT2D eigenvalue weighted by Gasteiger charge is -2.18. The number of hydrogen-bond donors (Lipinski definition) is 3. The predicted molar refractivity (Wildman–Crippen MR) is 144 cm³/mol. The van der Waals surface area contributed by atoms with E-state index in [0.29, 0.717) is 17.8 Å². The average molecular weight is 490 g/mol. The zero-order valence-corrected chi connectivity index (χ0v) is 21.2. The van der Waals surface area contributed by atoms with Gasteiger partial charge in [-0.25, -0.2) is 0 Å². The first kappa shape index (κ1) is 26.0. The first-order valence-corrected chi connectivity index (χ1v) is 12.3. The van der Waals surface area contributed by atoms with Gasteiger partial charge in [-0.05, 0) is 59.5 Å². The molecule has 0 radical (unpaired) electrons. The third kappa shape index (κ3) is 8.61. The van der Waals surface area contributed by atoms with Gasteiger partial charge in [0, 0.05) is 35.3 Å². The minimum absolute atomic E-state index is 0.0241. The van der Waals surface area contributed by atoms with Gasteiger partial charge < -0.3 is 16.0 Å². The van der Waals surface area contributed by atoms with Crippen molar-refractivity contribution in [1.29, 1.82) is 0 Å². The van der Waals surface area contributed by atoms with Gasteiger partial charge >= 0.3 is 0 Å². The molecular weight excluding hydrogens is 458 g/mol. The highest BCUT2D eigenvalue weighted by Crippen LogP contribution is 2.37. The molecule has 35 heavy (non-hydrogen) atoms. The summed E-state index contributed by atoms with van der Waals surface area (Å²) in [5.41, 5.74) is 2.83. The van der Waals surface area contributed by atoms with E-state index >= 15 is 0 Å². The maximum absolute atomic E-state index is 13.3. The number of amides is 3. The maximum Gasteiger partial charge on any atom is 0.242 e. The molecule has 3 amide bonds. The molecule has 6 nitrogen and oxygen atoms in total. The van der Waals surface area contributed by atoms with Crippen LogP contribution in [0.2, 0.25) is 0 Å². The zero-order chi connectivity index (χ0) is 25.4. The second-order valence-corrected chi connectivity index (χ2v) is 10.6. The van der Waals surface area contributed by atoms with Crippen LogP contribution >= 0.6 is 11.8 Å². The molecular formula is C28H31N3O3S. The summed E-state index contributed by atoms with van der Waals surface area (Å²) in [4.78, 5) is 37.6. The van der Waals surface area contributed by atoms with E-state index in [0.717, 1.165) is 16.1 Å². The normalized spacial score (nSPS) is 11.9. The van der Waals surface area contributed by atoms with Crippen molar-refractivity contribution in [2.45, 2.75) is 44.3 Å². The second-order valence-electron chi connectivity index (χ2n) is 9.47. The number of thioether (sulfide) groups is 1.